The monoisotopic (exact) mass is 440 g/mol. The molecule has 0 heterocycles. The Morgan fingerprint density at radius 2 is 1.66 bits per heavy atom. The summed E-state index contributed by atoms with van der Waals surface area (Å²) in [6.45, 7) is 6.75. The lowest BCUT2D eigenvalue weighted by Gasteiger charge is -2.31. The molecule has 2 amide bonds. The maximum Gasteiger partial charge on any atom is 0.243 e. The lowest BCUT2D eigenvalue weighted by atomic mass is 10.1. The number of ether oxygens (including phenoxy) is 2. The molecule has 2 atom stereocenters. The minimum absolute atomic E-state index is 0.0522. The summed E-state index contributed by atoms with van der Waals surface area (Å²) in [6, 6.07) is 16.7. The topological polar surface area (TPSA) is 67.9 Å². The third kappa shape index (κ3) is 7.91. The van der Waals surface area contributed by atoms with E-state index in [1.54, 1.807) is 12.0 Å². The summed E-state index contributed by atoms with van der Waals surface area (Å²) in [6.07, 6.45) is 2.28. The van der Waals surface area contributed by atoms with Crippen molar-refractivity contribution in [3.63, 3.8) is 0 Å². The van der Waals surface area contributed by atoms with Crippen molar-refractivity contribution < 1.29 is 19.1 Å². The van der Waals surface area contributed by atoms with E-state index in [2.05, 4.69) is 5.32 Å². The zero-order valence-electron chi connectivity index (χ0n) is 19.7. The van der Waals surface area contributed by atoms with Crippen molar-refractivity contribution in [2.24, 2.45) is 0 Å². The summed E-state index contributed by atoms with van der Waals surface area (Å²) in [5.74, 6) is 1.38. The van der Waals surface area contributed by atoms with Crippen LogP contribution >= 0.6 is 0 Å². The van der Waals surface area contributed by atoms with Gasteiger partial charge in [-0.25, -0.2) is 0 Å². The number of methoxy groups -OCH3 is 1. The average Bonchev–Trinajstić information content (AvgIpc) is 2.82. The van der Waals surface area contributed by atoms with Crippen LogP contribution in [0.25, 0.3) is 0 Å². The van der Waals surface area contributed by atoms with Crippen LogP contribution in [0.2, 0.25) is 0 Å². The first-order chi connectivity index (χ1) is 15.5. The van der Waals surface area contributed by atoms with Crippen molar-refractivity contribution in [2.45, 2.75) is 65.1 Å². The van der Waals surface area contributed by atoms with Gasteiger partial charge in [0, 0.05) is 19.0 Å². The Morgan fingerprint density at radius 1 is 0.969 bits per heavy atom. The van der Waals surface area contributed by atoms with E-state index in [9.17, 15) is 9.59 Å². The third-order valence-corrected chi connectivity index (χ3v) is 5.45. The van der Waals surface area contributed by atoms with E-state index < -0.39 is 6.04 Å². The van der Waals surface area contributed by atoms with Gasteiger partial charge in [0.25, 0.3) is 0 Å². The molecule has 0 bridgehead atoms. The maximum absolute atomic E-state index is 13.2. The Bertz CT molecular complexity index is 823. The van der Waals surface area contributed by atoms with Gasteiger partial charge in [-0.05, 0) is 56.0 Å². The molecule has 174 valence electrons. The minimum Gasteiger partial charge on any atom is -0.497 e. The summed E-state index contributed by atoms with van der Waals surface area (Å²) in [7, 11) is 1.62. The standard InChI is InChI=1S/C26H36N2O4/c1-5-20(3)27-26(30)24(6-2)28(19-21-14-16-22(31-4)17-15-21)25(29)13-10-18-32-23-11-8-7-9-12-23/h7-9,11-12,14-17,20,24H,5-6,10,13,18-19H2,1-4H3,(H,27,30)/t20-,24+/m1/s1. The van der Waals surface area contributed by atoms with Crippen LogP contribution in [-0.4, -0.2) is 42.5 Å². The van der Waals surface area contributed by atoms with Gasteiger partial charge < -0.3 is 19.7 Å². The lowest BCUT2D eigenvalue weighted by Crippen LogP contribution is -2.50. The van der Waals surface area contributed by atoms with Gasteiger partial charge in [-0.1, -0.05) is 44.2 Å². The number of para-hydroxylation sites is 1. The Kier molecular flexibility index (Phi) is 10.6. The van der Waals surface area contributed by atoms with Crippen molar-refractivity contribution in [3.05, 3.63) is 60.2 Å². The highest BCUT2D eigenvalue weighted by Gasteiger charge is 2.28. The van der Waals surface area contributed by atoms with Crippen molar-refractivity contribution >= 4 is 11.8 Å². The number of rotatable bonds is 13. The molecule has 0 saturated carbocycles. The number of nitrogens with one attached hydrogen (secondary N) is 1. The molecule has 0 radical (unpaired) electrons. The molecular formula is C26H36N2O4. The van der Waals surface area contributed by atoms with Gasteiger partial charge in [0.2, 0.25) is 11.8 Å². The van der Waals surface area contributed by atoms with Crippen molar-refractivity contribution in [1.82, 2.24) is 10.2 Å². The molecule has 2 rings (SSSR count). The number of carbonyl (C=O) groups is 2. The number of hydrogen-bond donors (Lipinski definition) is 1. The second-order valence-electron chi connectivity index (χ2n) is 7.88. The van der Waals surface area contributed by atoms with Crippen LogP contribution in [0.3, 0.4) is 0 Å². The fraction of sp³-hybridized carbons (Fsp3) is 0.462. The number of carbonyl (C=O) groups excluding carboxylic acids is 2. The number of hydrogen-bond acceptors (Lipinski definition) is 4. The molecule has 0 aliphatic heterocycles. The molecule has 32 heavy (non-hydrogen) atoms. The van der Waals surface area contributed by atoms with E-state index in [0.717, 1.165) is 23.5 Å². The quantitative estimate of drug-likeness (QED) is 0.463. The van der Waals surface area contributed by atoms with Crippen LogP contribution in [-0.2, 0) is 16.1 Å². The summed E-state index contributed by atoms with van der Waals surface area (Å²) in [5, 5.41) is 3.03. The van der Waals surface area contributed by atoms with E-state index in [4.69, 9.17) is 9.47 Å². The molecule has 0 spiro atoms. The Labute approximate surface area is 191 Å². The van der Waals surface area contributed by atoms with Gasteiger partial charge >= 0.3 is 0 Å². The summed E-state index contributed by atoms with van der Waals surface area (Å²) in [4.78, 5) is 27.8. The molecule has 0 aliphatic rings. The Balaban J connectivity index is 2.07. The van der Waals surface area contributed by atoms with Crippen LogP contribution in [0.1, 0.15) is 52.0 Å². The molecule has 0 aliphatic carbocycles. The molecule has 2 aromatic carbocycles. The summed E-state index contributed by atoms with van der Waals surface area (Å²) >= 11 is 0. The molecule has 0 saturated heterocycles. The predicted octanol–water partition coefficient (Wildman–Crippen LogP) is 4.58. The fourth-order valence-electron chi connectivity index (χ4n) is 3.36. The predicted molar refractivity (Wildman–Crippen MR) is 127 cm³/mol. The zero-order valence-corrected chi connectivity index (χ0v) is 19.7. The third-order valence-electron chi connectivity index (χ3n) is 5.45. The summed E-state index contributed by atoms with van der Waals surface area (Å²) in [5.41, 5.74) is 0.953. The van der Waals surface area contributed by atoms with Crippen LogP contribution in [0, 0.1) is 0 Å². The number of benzene rings is 2. The highest BCUT2D eigenvalue weighted by atomic mass is 16.5. The van der Waals surface area contributed by atoms with Crippen LogP contribution in [0.5, 0.6) is 11.5 Å². The van der Waals surface area contributed by atoms with Gasteiger partial charge in [-0.15, -0.1) is 0 Å². The second kappa shape index (κ2) is 13.4. The first kappa shape index (κ1) is 25.2. The first-order valence-electron chi connectivity index (χ1n) is 11.4. The van der Waals surface area contributed by atoms with E-state index in [0.29, 0.717) is 32.4 Å². The van der Waals surface area contributed by atoms with Gasteiger partial charge in [-0.2, -0.15) is 0 Å². The van der Waals surface area contributed by atoms with E-state index in [-0.39, 0.29) is 17.9 Å². The van der Waals surface area contributed by atoms with Crippen LogP contribution in [0.4, 0.5) is 0 Å². The number of amides is 2. The van der Waals surface area contributed by atoms with Crippen LogP contribution in [0.15, 0.2) is 54.6 Å². The largest absolute Gasteiger partial charge is 0.497 e. The highest BCUT2D eigenvalue weighted by Crippen LogP contribution is 2.18. The molecule has 0 fully saturated rings. The van der Waals surface area contributed by atoms with Crippen LogP contribution < -0.4 is 14.8 Å². The summed E-state index contributed by atoms with van der Waals surface area (Å²) < 4.78 is 10.9. The zero-order chi connectivity index (χ0) is 23.3. The van der Waals surface area contributed by atoms with Gasteiger partial charge in [-0.3, -0.25) is 9.59 Å². The van der Waals surface area contributed by atoms with E-state index in [1.807, 2.05) is 75.4 Å². The van der Waals surface area contributed by atoms with Gasteiger partial charge in [0.1, 0.15) is 17.5 Å². The fourth-order valence-corrected chi connectivity index (χ4v) is 3.36. The van der Waals surface area contributed by atoms with E-state index in [1.165, 1.54) is 0 Å². The maximum atomic E-state index is 13.2. The Morgan fingerprint density at radius 3 is 2.25 bits per heavy atom. The number of nitrogens with zero attached hydrogens (tertiary/aromatic N) is 1. The second-order valence-corrected chi connectivity index (χ2v) is 7.88. The molecule has 2 aromatic rings. The van der Waals surface area contributed by atoms with Crippen molar-refractivity contribution in [3.8, 4) is 11.5 Å². The minimum atomic E-state index is -0.520. The van der Waals surface area contributed by atoms with Gasteiger partial charge in [0.15, 0.2) is 0 Å². The van der Waals surface area contributed by atoms with Crippen molar-refractivity contribution in [1.29, 1.82) is 0 Å². The first-order valence-corrected chi connectivity index (χ1v) is 11.4. The van der Waals surface area contributed by atoms with Gasteiger partial charge in [0.05, 0.1) is 13.7 Å². The normalized spacial score (nSPS) is 12.5. The molecule has 1 N–H and O–H groups in total. The lowest BCUT2D eigenvalue weighted by molar-refractivity contribution is -0.141. The van der Waals surface area contributed by atoms with E-state index >= 15 is 0 Å². The molecule has 0 aromatic heterocycles. The van der Waals surface area contributed by atoms with Crippen molar-refractivity contribution in [2.75, 3.05) is 13.7 Å². The average molecular weight is 441 g/mol. The molecule has 6 heteroatoms. The highest BCUT2D eigenvalue weighted by molar-refractivity contribution is 5.87. The molecular weight excluding hydrogens is 404 g/mol. The molecule has 6 nitrogen and oxygen atoms in total. The SMILES string of the molecule is CC[C@@H](C)NC(=O)[C@H](CC)N(Cc1ccc(OC)cc1)C(=O)CCCOc1ccccc1. The smallest absolute Gasteiger partial charge is 0.243 e. The Hall–Kier alpha value is -3.02. The molecule has 0 unspecified atom stereocenters.